The summed E-state index contributed by atoms with van der Waals surface area (Å²) < 4.78 is 37.5. The second-order valence-electron chi connectivity index (χ2n) is 7.01. The van der Waals surface area contributed by atoms with Crippen LogP contribution in [0.25, 0.3) is 0 Å². The molecule has 0 aliphatic rings. The van der Waals surface area contributed by atoms with Gasteiger partial charge in [-0.3, -0.25) is 9.10 Å². The van der Waals surface area contributed by atoms with Crippen LogP contribution < -0.4 is 19.1 Å². The molecule has 0 spiro atoms. The number of rotatable bonds is 10. The second kappa shape index (κ2) is 10.7. The van der Waals surface area contributed by atoms with Crippen LogP contribution in [0.5, 0.6) is 17.2 Å². The third-order valence-electron chi connectivity index (χ3n) is 4.49. The van der Waals surface area contributed by atoms with Crippen molar-refractivity contribution in [2.75, 3.05) is 23.7 Å². The number of nitrogens with one attached hydrogen (secondary N) is 1. The standard InChI is InChI=1S/C24H26N2O5S/c1-3-30-21-13-9-10-19(16-21)17-25-24(27)18-26(32(2,28)29)22-14-7-8-15-23(22)31-20-11-5-4-6-12-20/h4-16H,3,17-18H2,1-2H3,(H,25,27). The Bertz CT molecular complexity index is 1150. The molecule has 0 atom stereocenters. The first kappa shape index (κ1) is 23.1. The second-order valence-corrected chi connectivity index (χ2v) is 8.92. The van der Waals surface area contributed by atoms with Gasteiger partial charge in [0.2, 0.25) is 15.9 Å². The highest BCUT2D eigenvalue weighted by atomic mass is 32.2. The van der Waals surface area contributed by atoms with E-state index in [1.165, 1.54) is 0 Å². The molecule has 0 saturated carbocycles. The smallest absolute Gasteiger partial charge is 0.241 e. The molecule has 0 saturated heterocycles. The molecule has 8 heteroatoms. The lowest BCUT2D eigenvalue weighted by molar-refractivity contribution is -0.119. The predicted molar refractivity (Wildman–Crippen MR) is 125 cm³/mol. The molecule has 0 aromatic heterocycles. The van der Waals surface area contributed by atoms with Crippen LogP contribution in [0, 0.1) is 0 Å². The van der Waals surface area contributed by atoms with Gasteiger partial charge in [0.15, 0.2) is 5.75 Å². The van der Waals surface area contributed by atoms with E-state index < -0.39 is 15.9 Å². The van der Waals surface area contributed by atoms with Crippen LogP contribution in [-0.4, -0.2) is 33.7 Å². The Balaban J connectivity index is 1.75. The van der Waals surface area contributed by atoms with E-state index in [9.17, 15) is 13.2 Å². The normalized spacial score (nSPS) is 10.9. The van der Waals surface area contributed by atoms with Crippen molar-refractivity contribution in [2.45, 2.75) is 13.5 Å². The van der Waals surface area contributed by atoms with E-state index in [2.05, 4.69) is 5.32 Å². The van der Waals surface area contributed by atoms with Crippen molar-refractivity contribution >= 4 is 21.6 Å². The number of benzene rings is 3. The summed E-state index contributed by atoms with van der Waals surface area (Å²) >= 11 is 0. The Labute approximate surface area is 188 Å². The Morgan fingerprint density at radius 1 is 0.938 bits per heavy atom. The fraction of sp³-hybridized carbons (Fsp3) is 0.208. The maximum Gasteiger partial charge on any atom is 0.241 e. The topological polar surface area (TPSA) is 84.9 Å². The van der Waals surface area contributed by atoms with Gasteiger partial charge in [0.1, 0.15) is 18.0 Å². The van der Waals surface area contributed by atoms with E-state index in [0.717, 1.165) is 16.1 Å². The minimum absolute atomic E-state index is 0.250. The summed E-state index contributed by atoms with van der Waals surface area (Å²) in [7, 11) is -3.75. The van der Waals surface area contributed by atoms with Gasteiger partial charge in [-0.25, -0.2) is 8.42 Å². The third kappa shape index (κ3) is 6.49. The first-order valence-corrected chi connectivity index (χ1v) is 12.0. The summed E-state index contributed by atoms with van der Waals surface area (Å²) in [4.78, 5) is 12.6. The molecule has 0 aliphatic heterocycles. The summed E-state index contributed by atoms with van der Waals surface area (Å²) in [6.07, 6.45) is 1.06. The molecule has 168 valence electrons. The molecule has 0 fully saturated rings. The number of para-hydroxylation sites is 3. The van der Waals surface area contributed by atoms with Crippen LogP contribution in [0.2, 0.25) is 0 Å². The number of carbonyl (C=O) groups is 1. The fourth-order valence-corrected chi connectivity index (χ4v) is 3.90. The largest absolute Gasteiger partial charge is 0.494 e. The molecule has 0 aliphatic carbocycles. The van der Waals surface area contributed by atoms with Gasteiger partial charge in [-0.2, -0.15) is 0 Å². The summed E-state index contributed by atoms with van der Waals surface area (Å²) in [6, 6.07) is 23.1. The highest BCUT2D eigenvalue weighted by Gasteiger charge is 2.24. The Morgan fingerprint density at radius 3 is 2.34 bits per heavy atom. The van der Waals surface area contributed by atoms with Crippen LogP contribution in [0.4, 0.5) is 5.69 Å². The Kier molecular flexibility index (Phi) is 7.72. The average molecular weight is 455 g/mol. The first-order chi connectivity index (χ1) is 15.4. The zero-order chi connectivity index (χ0) is 23.0. The molecule has 1 N–H and O–H groups in total. The van der Waals surface area contributed by atoms with Crippen molar-refractivity contribution in [1.82, 2.24) is 5.32 Å². The molecule has 1 amide bonds. The summed E-state index contributed by atoms with van der Waals surface area (Å²) in [5.41, 5.74) is 1.13. The number of amides is 1. The molecule has 7 nitrogen and oxygen atoms in total. The quantitative estimate of drug-likeness (QED) is 0.501. The summed E-state index contributed by atoms with van der Waals surface area (Å²) in [6.45, 7) is 2.32. The van der Waals surface area contributed by atoms with Crippen LogP contribution >= 0.6 is 0 Å². The van der Waals surface area contributed by atoms with E-state index in [0.29, 0.717) is 23.9 Å². The SMILES string of the molecule is CCOc1cccc(CNC(=O)CN(c2ccccc2Oc2ccccc2)S(C)(=O)=O)c1. The number of ether oxygens (including phenoxy) is 2. The maximum absolute atomic E-state index is 12.6. The molecule has 3 rings (SSSR count). The number of nitrogens with zero attached hydrogens (tertiary/aromatic N) is 1. The maximum atomic E-state index is 12.6. The average Bonchev–Trinajstić information content (AvgIpc) is 2.77. The molecular weight excluding hydrogens is 428 g/mol. The van der Waals surface area contributed by atoms with E-state index in [-0.39, 0.29) is 18.8 Å². The van der Waals surface area contributed by atoms with E-state index in [4.69, 9.17) is 9.47 Å². The van der Waals surface area contributed by atoms with Crippen molar-refractivity contribution in [1.29, 1.82) is 0 Å². The van der Waals surface area contributed by atoms with Crippen molar-refractivity contribution in [3.63, 3.8) is 0 Å². The minimum Gasteiger partial charge on any atom is -0.494 e. The predicted octanol–water partition coefficient (Wildman–Crippen LogP) is 3.96. The zero-order valence-electron chi connectivity index (χ0n) is 18.0. The number of hydrogen-bond donors (Lipinski definition) is 1. The van der Waals surface area contributed by atoms with Crippen LogP contribution in [-0.2, 0) is 21.4 Å². The lowest BCUT2D eigenvalue weighted by Gasteiger charge is -2.24. The minimum atomic E-state index is -3.75. The van der Waals surface area contributed by atoms with Gasteiger partial charge in [-0.05, 0) is 48.9 Å². The molecule has 32 heavy (non-hydrogen) atoms. The van der Waals surface area contributed by atoms with Gasteiger partial charge in [0.05, 0.1) is 18.6 Å². The summed E-state index contributed by atoms with van der Waals surface area (Å²) in [5, 5.41) is 2.77. The number of carbonyl (C=O) groups excluding carboxylic acids is 1. The van der Waals surface area contributed by atoms with E-state index in [1.807, 2.05) is 49.4 Å². The van der Waals surface area contributed by atoms with Gasteiger partial charge in [-0.15, -0.1) is 0 Å². The highest BCUT2D eigenvalue weighted by Crippen LogP contribution is 2.33. The Hall–Kier alpha value is -3.52. The van der Waals surface area contributed by atoms with Crippen molar-refractivity contribution in [3.8, 4) is 17.2 Å². The molecule has 0 unspecified atom stereocenters. The van der Waals surface area contributed by atoms with Gasteiger partial charge in [-0.1, -0.05) is 42.5 Å². The number of hydrogen-bond acceptors (Lipinski definition) is 5. The van der Waals surface area contributed by atoms with Gasteiger partial charge in [0, 0.05) is 6.54 Å². The van der Waals surface area contributed by atoms with Crippen molar-refractivity contribution in [2.24, 2.45) is 0 Å². The van der Waals surface area contributed by atoms with Crippen molar-refractivity contribution in [3.05, 3.63) is 84.4 Å². The van der Waals surface area contributed by atoms with E-state index >= 15 is 0 Å². The molecule has 0 radical (unpaired) electrons. The number of anilines is 1. The van der Waals surface area contributed by atoms with Gasteiger partial charge in [0.25, 0.3) is 0 Å². The molecular formula is C24H26N2O5S. The third-order valence-corrected chi connectivity index (χ3v) is 5.62. The molecule has 3 aromatic carbocycles. The molecule has 0 bridgehead atoms. The fourth-order valence-electron chi connectivity index (χ4n) is 3.04. The zero-order valence-corrected chi connectivity index (χ0v) is 18.8. The lowest BCUT2D eigenvalue weighted by Crippen LogP contribution is -2.40. The summed E-state index contributed by atoms with van der Waals surface area (Å²) in [5.74, 6) is 1.17. The van der Waals surface area contributed by atoms with Crippen molar-refractivity contribution < 1.29 is 22.7 Å². The van der Waals surface area contributed by atoms with Crippen LogP contribution in [0.1, 0.15) is 12.5 Å². The van der Waals surface area contributed by atoms with E-state index in [1.54, 1.807) is 36.4 Å². The molecule has 3 aromatic rings. The molecule has 0 heterocycles. The van der Waals surface area contributed by atoms with Crippen LogP contribution in [0.15, 0.2) is 78.9 Å². The number of sulfonamides is 1. The Morgan fingerprint density at radius 2 is 1.62 bits per heavy atom. The monoisotopic (exact) mass is 454 g/mol. The van der Waals surface area contributed by atoms with Crippen LogP contribution in [0.3, 0.4) is 0 Å². The first-order valence-electron chi connectivity index (χ1n) is 10.1. The lowest BCUT2D eigenvalue weighted by atomic mass is 10.2. The van der Waals surface area contributed by atoms with Gasteiger partial charge >= 0.3 is 0 Å². The van der Waals surface area contributed by atoms with Gasteiger partial charge < -0.3 is 14.8 Å². The highest BCUT2D eigenvalue weighted by molar-refractivity contribution is 7.92.